The van der Waals surface area contributed by atoms with Gasteiger partial charge >= 0.3 is 0 Å². The molecule has 1 heterocycles. The second kappa shape index (κ2) is 4.70. The Morgan fingerprint density at radius 3 is 2.50 bits per heavy atom. The van der Waals surface area contributed by atoms with Gasteiger partial charge < -0.3 is 10.4 Å². The highest BCUT2D eigenvalue weighted by molar-refractivity contribution is 9.10. The SMILES string of the molecule is CC(C)(CCO)Nc1ncc(Br)cn1. The number of nitrogens with one attached hydrogen (secondary N) is 1. The van der Waals surface area contributed by atoms with Crippen molar-refractivity contribution in [2.24, 2.45) is 0 Å². The van der Waals surface area contributed by atoms with E-state index in [-0.39, 0.29) is 12.1 Å². The van der Waals surface area contributed by atoms with Crippen LogP contribution < -0.4 is 5.32 Å². The molecule has 0 aromatic carbocycles. The fourth-order valence-electron chi connectivity index (χ4n) is 1.02. The van der Waals surface area contributed by atoms with Gasteiger partial charge in [-0.2, -0.15) is 0 Å². The van der Waals surface area contributed by atoms with Crippen LogP contribution in [0.4, 0.5) is 5.95 Å². The van der Waals surface area contributed by atoms with E-state index < -0.39 is 0 Å². The molecule has 5 heteroatoms. The van der Waals surface area contributed by atoms with Gasteiger partial charge in [-0.15, -0.1) is 0 Å². The van der Waals surface area contributed by atoms with Crippen LogP contribution in [0.15, 0.2) is 16.9 Å². The number of halogens is 1. The van der Waals surface area contributed by atoms with Crippen LogP contribution in [-0.2, 0) is 0 Å². The van der Waals surface area contributed by atoms with E-state index >= 15 is 0 Å². The van der Waals surface area contributed by atoms with Crippen LogP contribution in [-0.4, -0.2) is 27.2 Å². The van der Waals surface area contributed by atoms with E-state index in [1.807, 2.05) is 13.8 Å². The zero-order valence-corrected chi connectivity index (χ0v) is 9.87. The third-order valence-corrected chi connectivity index (χ3v) is 2.22. The van der Waals surface area contributed by atoms with Crippen LogP contribution in [0.5, 0.6) is 0 Å². The van der Waals surface area contributed by atoms with Gasteiger partial charge in [0, 0.05) is 24.5 Å². The minimum absolute atomic E-state index is 0.149. The van der Waals surface area contributed by atoms with Crippen molar-refractivity contribution in [2.75, 3.05) is 11.9 Å². The first kappa shape index (κ1) is 11.4. The summed E-state index contributed by atoms with van der Waals surface area (Å²) < 4.78 is 0.850. The molecule has 0 unspecified atom stereocenters. The number of nitrogens with zero attached hydrogens (tertiary/aromatic N) is 2. The molecule has 1 aromatic rings. The lowest BCUT2D eigenvalue weighted by molar-refractivity contribution is 0.260. The molecule has 0 atom stereocenters. The molecule has 0 saturated carbocycles. The summed E-state index contributed by atoms with van der Waals surface area (Å²) in [4.78, 5) is 8.19. The van der Waals surface area contributed by atoms with E-state index in [2.05, 4.69) is 31.2 Å². The van der Waals surface area contributed by atoms with Gasteiger partial charge in [-0.05, 0) is 36.2 Å². The number of hydrogen-bond donors (Lipinski definition) is 2. The second-order valence-electron chi connectivity index (χ2n) is 3.71. The third-order valence-electron chi connectivity index (χ3n) is 1.81. The van der Waals surface area contributed by atoms with Crippen LogP contribution in [0.25, 0.3) is 0 Å². The van der Waals surface area contributed by atoms with Crippen molar-refractivity contribution in [3.63, 3.8) is 0 Å². The first-order chi connectivity index (χ1) is 6.53. The molecule has 0 radical (unpaired) electrons. The zero-order chi connectivity index (χ0) is 10.6. The molecule has 2 N–H and O–H groups in total. The van der Waals surface area contributed by atoms with Crippen molar-refractivity contribution >= 4 is 21.9 Å². The largest absolute Gasteiger partial charge is 0.396 e. The van der Waals surface area contributed by atoms with Gasteiger partial charge in [0.15, 0.2) is 0 Å². The standard InChI is InChI=1S/C9H14BrN3O/c1-9(2,3-4-14)13-8-11-5-7(10)6-12-8/h5-6,14H,3-4H2,1-2H3,(H,11,12,13). The lowest BCUT2D eigenvalue weighted by Crippen LogP contribution is -2.32. The summed E-state index contributed by atoms with van der Waals surface area (Å²) in [5.74, 6) is 0.576. The molecule has 78 valence electrons. The van der Waals surface area contributed by atoms with Crippen molar-refractivity contribution in [2.45, 2.75) is 25.8 Å². The van der Waals surface area contributed by atoms with Crippen LogP contribution in [0, 0.1) is 0 Å². The van der Waals surface area contributed by atoms with Crippen molar-refractivity contribution in [1.82, 2.24) is 9.97 Å². The zero-order valence-electron chi connectivity index (χ0n) is 8.29. The quantitative estimate of drug-likeness (QED) is 0.866. The number of aliphatic hydroxyl groups excluding tert-OH is 1. The van der Waals surface area contributed by atoms with Crippen molar-refractivity contribution in [1.29, 1.82) is 0 Å². The Morgan fingerprint density at radius 1 is 1.43 bits per heavy atom. The van der Waals surface area contributed by atoms with E-state index in [1.54, 1.807) is 12.4 Å². The summed E-state index contributed by atoms with van der Waals surface area (Å²) in [5.41, 5.74) is -0.192. The fraction of sp³-hybridized carbons (Fsp3) is 0.556. The number of aromatic nitrogens is 2. The molecular formula is C9H14BrN3O. The molecule has 0 spiro atoms. The minimum Gasteiger partial charge on any atom is -0.396 e. The van der Waals surface area contributed by atoms with E-state index in [0.29, 0.717) is 12.4 Å². The maximum absolute atomic E-state index is 8.84. The predicted octanol–water partition coefficient (Wildman–Crippen LogP) is 1.81. The molecule has 0 aliphatic rings. The molecule has 1 rings (SSSR count). The van der Waals surface area contributed by atoms with E-state index in [9.17, 15) is 0 Å². The fourth-order valence-corrected chi connectivity index (χ4v) is 1.23. The van der Waals surface area contributed by atoms with Crippen molar-refractivity contribution in [3.05, 3.63) is 16.9 Å². The van der Waals surface area contributed by atoms with E-state index in [4.69, 9.17) is 5.11 Å². The Balaban J connectivity index is 2.64. The second-order valence-corrected chi connectivity index (χ2v) is 4.62. The maximum atomic E-state index is 8.84. The Hall–Kier alpha value is -0.680. The predicted molar refractivity (Wildman–Crippen MR) is 59.1 cm³/mol. The molecular weight excluding hydrogens is 246 g/mol. The molecule has 0 aliphatic heterocycles. The number of aliphatic hydroxyl groups is 1. The van der Waals surface area contributed by atoms with E-state index in [0.717, 1.165) is 4.47 Å². The number of hydrogen-bond acceptors (Lipinski definition) is 4. The minimum atomic E-state index is -0.192. The van der Waals surface area contributed by atoms with Crippen LogP contribution in [0.3, 0.4) is 0 Å². The van der Waals surface area contributed by atoms with Gasteiger partial charge in [0.2, 0.25) is 5.95 Å². The third kappa shape index (κ3) is 3.59. The van der Waals surface area contributed by atoms with Crippen LogP contribution >= 0.6 is 15.9 Å². The van der Waals surface area contributed by atoms with Gasteiger partial charge in [-0.1, -0.05) is 0 Å². The smallest absolute Gasteiger partial charge is 0.223 e. The molecule has 0 amide bonds. The summed E-state index contributed by atoms with van der Waals surface area (Å²) in [6.45, 7) is 4.14. The first-order valence-electron chi connectivity index (χ1n) is 4.40. The summed E-state index contributed by atoms with van der Waals surface area (Å²) >= 11 is 3.26. The molecule has 0 aliphatic carbocycles. The highest BCUT2D eigenvalue weighted by Gasteiger charge is 2.17. The average Bonchev–Trinajstić information content (AvgIpc) is 2.08. The number of rotatable bonds is 4. The maximum Gasteiger partial charge on any atom is 0.223 e. The normalized spacial score (nSPS) is 11.4. The molecule has 0 saturated heterocycles. The summed E-state index contributed by atoms with van der Waals surface area (Å²) in [5, 5.41) is 12.0. The van der Waals surface area contributed by atoms with Gasteiger partial charge in [0.1, 0.15) is 0 Å². The highest BCUT2D eigenvalue weighted by atomic mass is 79.9. The Bertz CT molecular complexity index is 287. The molecule has 0 fully saturated rings. The van der Waals surface area contributed by atoms with Gasteiger partial charge in [-0.3, -0.25) is 0 Å². The average molecular weight is 260 g/mol. The lowest BCUT2D eigenvalue weighted by Gasteiger charge is -2.25. The highest BCUT2D eigenvalue weighted by Crippen LogP contribution is 2.15. The Morgan fingerprint density at radius 2 is 2.00 bits per heavy atom. The van der Waals surface area contributed by atoms with Crippen LogP contribution in [0.2, 0.25) is 0 Å². The Labute approximate surface area is 91.9 Å². The lowest BCUT2D eigenvalue weighted by atomic mass is 10.0. The molecule has 1 aromatic heterocycles. The van der Waals surface area contributed by atoms with Gasteiger partial charge in [0.05, 0.1) is 4.47 Å². The molecule has 4 nitrogen and oxygen atoms in total. The summed E-state index contributed by atoms with van der Waals surface area (Å²) in [6.07, 6.45) is 4.03. The first-order valence-corrected chi connectivity index (χ1v) is 5.19. The molecule has 0 bridgehead atoms. The number of anilines is 1. The van der Waals surface area contributed by atoms with Crippen LogP contribution in [0.1, 0.15) is 20.3 Å². The van der Waals surface area contributed by atoms with E-state index in [1.165, 1.54) is 0 Å². The van der Waals surface area contributed by atoms with Crippen molar-refractivity contribution in [3.8, 4) is 0 Å². The monoisotopic (exact) mass is 259 g/mol. The van der Waals surface area contributed by atoms with Crippen molar-refractivity contribution < 1.29 is 5.11 Å². The summed E-state index contributed by atoms with van der Waals surface area (Å²) in [7, 11) is 0. The molecule has 14 heavy (non-hydrogen) atoms. The summed E-state index contributed by atoms with van der Waals surface area (Å²) in [6, 6.07) is 0. The topological polar surface area (TPSA) is 58.0 Å². The van der Waals surface area contributed by atoms with Gasteiger partial charge in [-0.25, -0.2) is 9.97 Å². The Kier molecular flexibility index (Phi) is 3.83. The van der Waals surface area contributed by atoms with Gasteiger partial charge in [0.25, 0.3) is 0 Å².